The maximum atomic E-state index is 5.81. The van der Waals surface area contributed by atoms with E-state index < -0.39 is 0 Å². The zero-order chi connectivity index (χ0) is 12.3. The summed E-state index contributed by atoms with van der Waals surface area (Å²) >= 11 is 0. The summed E-state index contributed by atoms with van der Waals surface area (Å²) in [7, 11) is 4.13. The minimum atomic E-state index is 0.553. The molecule has 2 atom stereocenters. The lowest BCUT2D eigenvalue weighted by atomic mass is 10.0. The second-order valence-electron chi connectivity index (χ2n) is 5.12. The van der Waals surface area contributed by atoms with Crippen LogP contribution in [0.5, 0.6) is 0 Å². The van der Waals surface area contributed by atoms with Crippen LogP contribution in [0.15, 0.2) is 24.3 Å². The van der Waals surface area contributed by atoms with Gasteiger partial charge in [0.25, 0.3) is 0 Å². The van der Waals surface area contributed by atoms with Crippen molar-refractivity contribution in [2.75, 3.05) is 30.9 Å². The fraction of sp³-hybridized carbons (Fsp3) is 0.571. The predicted molar refractivity (Wildman–Crippen MR) is 74.6 cm³/mol. The smallest absolute Gasteiger partial charge is 0.0381 e. The molecule has 0 bridgehead atoms. The van der Waals surface area contributed by atoms with Crippen LogP contribution in [0.2, 0.25) is 0 Å². The summed E-state index contributed by atoms with van der Waals surface area (Å²) in [5, 5.41) is 3.63. The quantitative estimate of drug-likeness (QED) is 0.838. The Hall–Kier alpha value is -1.22. The van der Waals surface area contributed by atoms with Gasteiger partial charge in [0.15, 0.2) is 0 Å². The lowest BCUT2D eigenvalue weighted by Crippen LogP contribution is -2.29. The predicted octanol–water partition coefficient (Wildman–Crippen LogP) is 2.29. The molecule has 94 valence electrons. The third-order valence-corrected chi connectivity index (χ3v) is 3.68. The maximum absolute atomic E-state index is 5.81. The maximum Gasteiger partial charge on any atom is 0.0381 e. The molecule has 2 unspecified atom stereocenters. The number of hydrogen-bond acceptors (Lipinski definition) is 3. The van der Waals surface area contributed by atoms with Crippen LogP contribution >= 0.6 is 0 Å². The summed E-state index contributed by atoms with van der Waals surface area (Å²) in [4.78, 5) is 2.13. The molecule has 0 aliphatic heterocycles. The average Bonchev–Trinajstić information content (AvgIpc) is 2.76. The molecule has 0 saturated heterocycles. The molecule has 1 aliphatic rings. The van der Waals surface area contributed by atoms with Crippen LogP contribution in [0.1, 0.15) is 19.3 Å². The second kappa shape index (κ2) is 5.41. The summed E-state index contributed by atoms with van der Waals surface area (Å²) < 4.78 is 0. The van der Waals surface area contributed by atoms with Crippen LogP contribution in [0, 0.1) is 5.92 Å². The first-order chi connectivity index (χ1) is 8.20. The second-order valence-corrected chi connectivity index (χ2v) is 5.12. The van der Waals surface area contributed by atoms with Crippen LogP contribution in [-0.2, 0) is 0 Å². The molecular weight excluding hydrogens is 210 g/mol. The first-order valence-corrected chi connectivity index (χ1v) is 6.44. The van der Waals surface area contributed by atoms with Gasteiger partial charge in [-0.15, -0.1) is 0 Å². The Kier molecular flexibility index (Phi) is 3.89. The van der Waals surface area contributed by atoms with E-state index in [-0.39, 0.29) is 0 Å². The number of nitrogens with one attached hydrogen (secondary N) is 1. The van der Waals surface area contributed by atoms with Crippen molar-refractivity contribution < 1.29 is 0 Å². The molecular formula is C14H23N3. The lowest BCUT2D eigenvalue weighted by molar-refractivity contribution is 0.516. The minimum absolute atomic E-state index is 0.553. The SMILES string of the molecule is CN(C)c1cccc(NC2CCCC2CN)c1. The Morgan fingerprint density at radius 1 is 1.35 bits per heavy atom. The van der Waals surface area contributed by atoms with E-state index in [0.29, 0.717) is 12.0 Å². The van der Waals surface area contributed by atoms with Gasteiger partial charge in [-0.05, 0) is 43.5 Å². The molecule has 0 amide bonds. The Morgan fingerprint density at radius 3 is 2.88 bits per heavy atom. The van der Waals surface area contributed by atoms with E-state index in [4.69, 9.17) is 5.73 Å². The van der Waals surface area contributed by atoms with Crippen molar-refractivity contribution in [3.63, 3.8) is 0 Å². The first kappa shape index (κ1) is 12.2. The minimum Gasteiger partial charge on any atom is -0.382 e. The van der Waals surface area contributed by atoms with E-state index in [0.717, 1.165) is 6.54 Å². The molecule has 1 aliphatic carbocycles. The van der Waals surface area contributed by atoms with Gasteiger partial charge in [-0.3, -0.25) is 0 Å². The van der Waals surface area contributed by atoms with E-state index in [1.807, 2.05) is 0 Å². The molecule has 1 saturated carbocycles. The Balaban J connectivity index is 2.05. The Bertz CT molecular complexity index is 362. The van der Waals surface area contributed by atoms with Gasteiger partial charge >= 0.3 is 0 Å². The molecule has 0 heterocycles. The summed E-state index contributed by atoms with van der Waals surface area (Å²) in [5.41, 5.74) is 8.25. The zero-order valence-corrected chi connectivity index (χ0v) is 10.8. The molecule has 3 heteroatoms. The van der Waals surface area contributed by atoms with E-state index in [1.165, 1.54) is 30.6 Å². The molecule has 3 nitrogen and oxygen atoms in total. The molecule has 3 N–H and O–H groups in total. The van der Waals surface area contributed by atoms with Crippen LogP contribution in [0.4, 0.5) is 11.4 Å². The zero-order valence-electron chi connectivity index (χ0n) is 10.8. The number of nitrogens with zero attached hydrogens (tertiary/aromatic N) is 1. The fourth-order valence-corrected chi connectivity index (χ4v) is 2.60. The van der Waals surface area contributed by atoms with Crippen LogP contribution in [0.25, 0.3) is 0 Å². The third kappa shape index (κ3) is 2.91. The van der Waals surface area contributed by atoms with Gasteiger partial charge in [0, 0.05) is 31.5 Å². The van der Waals surface area contributed by atoms with Crippen LogP contribution in [-0.4, -0.2) is 26.7 Å². The number of nitrogens with two attached hydrogens (primary N) is 1. The fourth-order valence-electron chi connectivity index (χ4n) is 2.60. The number of hydrogen-bond donors (Lipinski definition) is 2. The largest absolute Gasteiger partial charge is 0.382 e. The van der Waals surface area contributed by atoms with Gasteiger partial charge < -0.3 is 16.0 Å². The number of benzene rings is 1. The highest BCUT2D eigenvalue weighted by Crippen LogP contribution is 2.28. The summed E-state index contributed by atoms with van der Waals surface area (Å²) in [6.07, 6.45) is 3.81. The molecule has 1 fully saturated rings. The van der Waals surface area contributed by atoms with Crippen molar-refractivity contribution in [2.45, 2.75) is 25.3 Å². The first-order valence-electron chi connectivity index (χ1n) is 6.44. The lowest BCUT2D eigenvalue weighted by Gasteiger charge is -2.22. The van der Waals surface area contributed by atoms with Crippen molar-refractivity contribution in [2.24, 2.45) is 11.7 Å². The van der Waals surface area contributed by atoms with Crippen molar-refractivity contribution >= 4 is 11.4 Å². The molecule has 0 aromatic heterocycles. The van der Waals surface area contributed by atoms with Gasteiger partial charge in [-0.1, -0.05) is 12.5 Å². The normalized spacial score (nSPS) is 23.7. The van der Waals surface area contributed by atoms with E-state index in [1.54, 1.807) is 0 Å². The highest BCUT2D eigenvalue weighted by Gasteiger charge is 2.25. The molecule has 0 radical (unpaired) electrons. The van der Waals surface area contributed by atoms with E-state index in [2.05, 4.69) is 48.6 Å². The highest BCUT2D eigenvalue weighted by atomic mass is 15.1. The molecule has 1 aromatic carbocycles. The summed E-state index contributed by atoms with van der Waals surface area (Å²) in [6, 6.07) is 9.12. The number of anilines is 2. The van der Waals surface area contributed by atoms with E-state index in [9.17, 15) is 0 Å². The van der Waals surface area contributed by atoms with Gasteiger partial charge in [0.2, 0.25) is 0 Å². The van der Waals surface area contributed by atoms with Crippen LogP contribution < -0.4 is 16.0 Å². The highest BCUT2D eigenvalue weighted by molar-refractivity contribution is 5.57. The topological polar surface area (TPSA) is 41.3 Å². The molecule has 17 heavy (non-hydrogen) atoms. The molecule has 0 spiro atoms. The standard InChI is InChI=1S/C14H23N3/c1-17(2)13-7-4-6-12(9-13)16-14-8-3-5-11(14)10-15/h4,6-7,9,11,14,16H,3,5,8,10,15H2,1-2H3. The van der Waals surface area contributed by atoms with Gasteiger partial charge in [0.1, 0.15) is 0 Å². The summed E-state index contributed by atoms with van der Waals surface area (Å²) in [6.45, 7) is 0.797. The Morgan fingerprint density at radius 2 is 2.18 bits per heavy atom. The van der Waals surface area contributed by atoms with Crippen molar-refractivity contribution in [1.82, 2.24) is 0 Å². The van der Waals surface area contributed by atoms with E-state index >= 15 is 0 Å². The van der Waals surface area contributed by atoms with Crippen molar-refractivity contribution in [1.29, 1.82) is 0 Å². The van der Waals surface area contributed by atoms with Gasteiger partial charge in [-0.2, -0.15) is 0 Å². The molecule has 1 aromatic rings. The summed E-state index contributed by atoms with van der Waals surface area (Å²) in [5.74, 6) is 0.637. The van der Waals surface area contributed by atoms with Crippen LogP contribution in [0.3, 0.4) is 0 Å². The molecule has 2 rings (SSSR count). The van der Waals surface area contributed by atoms with Crippen molar-refractivity contribution in [3.8, 4) is 0 Å². The van der Waals surface area contributed by atoms with Gasteiger partial charge in [0.05, 0.1) is 0 Å². The Labute approximate surface area is 104 Å². The third-order valence-electron chi connectivity index (χ3n) is 3.68. The van der Waals surface area contributed by atoms with Crippen molar-refractivity contribution in [3.05, 3.63) is 24.3 Å². The average molecular weight is 233 g/mol. The number of rotatable bonds is 4. The monoisotopic (exact) mass is 233 g/mol. The van der Waals surface area contributed by atoms with Gasteiger partial charge in [-0.25, -0.2) is 0 Å².